The Labute approximate surface area is 93.2 Å². The number of rotatable bonds is 3. The van der Waals surface area contributed by atoms with Crippen LogP contribution in [0.15, 0.2) is 24.4 Å². The number of hydrogen-bond acceptors (Lipinski definition) is 4. The average Bonchev–Trinajstić information content (AvgIpc) is 2.74. The lowest BCUT2D eigenvalue weighted by Crippen LogP contribution is -1.93. The maximum atomic E-state index is 5.54. The Bertz CT molecular complexity index is 494. The first-order chi connectivity index (χ1) is 7.76. The number of methoxy groups -OCH3 is 2. The van der Waals surface area contributed by atoms with Crippen molar-refractivity contribution in [2.45, 2.75) is 0 Å². The van der Waals surface area contributed by atoms with Crippen LogP contribution in [0.4, 0.5) is 5.95 Å². The molecule has 16 heavy (non-hydrogen) atoms. The Balaban J connectivity index is 2.56. The Hall–Kier alpha value is -2.17. The van der Waals surface area contributed by atoms with Crippen molar-refractivity contribution in [3.63, 3.8) is 0 Å². The van der Waals surface area contributed by atoms with Crippen LogP contribution in [0.3, 0.4) is 0 Å². The molecule has 1 aromatic heterocycles. The Kier molecular flexibility index (Phi) is 2.68. The molecule has 0 spiro atoms. The zero-order valence-electron chi connectivity index (χ0n) is 9.15. The second-order valence-corrected chi connectivity index (χ2v) is 3.22. The lowest BCUT2D eigenvalue weighted by Gasteiger charge is -2.10. The predicted molar refractivity (Wildman–Crippen MR) is 61.5 cm³/mol. The summed E-state index contributed by atoms with van der Waals surface area (Å²) < 4.78 is 10.5. The highest BCUT2D eigenvalue weighted by atomic mass is 16.5. The Morgan fingerprint density at radius 1 is 1.25 bits per heavy atom. The molecule has 0 saturated heterocycles. The van der Waals surface area contributed by atoms with Gasteiger partial charge in [0.15, 0.2) is 17.4 Å². The van der Waals surface area contributed by atoms with Crippen LogP contribution in [-0.2, 0) is 0 Å². The lowest BCUT2D eigenvalue weighted by molar-refractivity contribution is 0.356. The molecule has 5 heteroatoms. The highest BCUT2D eigenvalue weighted by Crippen LogP contribution is 2.36. The van der Waals surface area contributed by atoms with Gasteiger partial charge in [0, 0.05) is 5.56 Å². The van der Waals surface area contributed by atoms with E-state index in [-0.39, 0.29) is 0 Å². The zero-order valence-corrected chi connectivity index (χ0v) is 9.15. The van der Waals surface area contributed by atoms with Crippen LogP contribution in [0.5, 0.6) is 11.5 Å². The number of nitrogens with two attached hydrogens (primary N) is 1. The highest BCUT2D eigenvalue weighted by molar-refractivity contribution is 5.71. The van der Waals surface area contributed by atoms with E-state index >= 15 is 0 Å². The van der Waals surface area contributed by atoms with Gasteiger partial charge in [-0.3, -0.25) is 0 Å². The van der Waals surface area contributed by atoms with E-state index in [1.807, 2.05) is 18.2 Å². The molecule has 84 valence electrons. The van der Waals surface area contributed by atoms with Gasteiger partial charge in [0.05, 0.1) is 26.1 Å². The molecule has 0 aliphatic carbocycles. The number of nitrogen functional groups attached to an aromatic ring is 1. The number of nitrogens with one attached hydrogen (secondary N) is 1. The van der Waals surface area contributed by atoms with Crippen LogP contribution in [0.1, 0.15) is 0 Å². The summed E-state index contributed by atoms with van der Waals surface area (Å²) >= 11 is 0. The molecular weight excluding hydrogens is 206 g/mol. The number of anilines is 1. The van der Waals surface area contributed by atoms with Gasteiger partial charge in [-0.05, 0) is 12.1 Å². The zero-order chi connectivity index (χ0) is 11.5. The molecule has 2 aromatic rings. The highest BCUT2D eigenvalue weighted by Gasteiger charge is 2.12. The minimum atomic E-state index is 0.375. The first kappa shape index (κ1) is 10.4. The summed E-state index contributed by atoms with van der Waals surface area (Å²) in [7, 11) is 3.20. The second-order valence-electron chi connectivity index (χ2n) is 3.22. The van der Waals surface area contributed by atoms with E-state index in [1.54, 1.807) is 20.4 Å². The lowest BCUT2D eigenvalue weighted by atomic mass is 10.1. The number of aromatic nitrogens is 2. The van der Waals surface area contributed by atoms with Crippen molar-refractivity contribution in [1.82, 2.24) is 9.97 Å². The van der Waals surface area contributed by atoms with Crippen molar-refractivity contribution in [2.75, 3.05) is 20.0 Å². The maximum Gasteiger partial charge on any atom is 0.197 e. The van der Waals surface area contributed by atoms with Crippen molar-refractivity contribution < 1.29 is 9.47 Å². The summed E-state index contributed by atoms with van der Waals surface area (Å²) in [5, 5.41) is 0. The molecule has 5 nitrogen and oxygen atoms in total. The average molecular weight is 219 g/mol. The topological polar surface area (TPSA) is 73.2 Å². The van der Waals surface area contributed by atoms with Crippen molar-refractivity contribution in [1.29, 1.82) is 0 Å². The van der Waals surface area contributed by atoms with Gasteiger partial charge < -0.3 is 20.2 Å². The summed E-state index contributed by atoms with van der Waals surface area (Å²) in [4.78, 5) is 6.90. The molecule has 0 fully saturated rings. The van der Waals surface area contributed by atoms with Crippen molar-refractivity contribution in [3.8, 4) is 22.8 Å². The van der Waals surface area contributed by atoms with Crippen LogP contribution in [0.2, 0.25) is 0 Å². The van der Waals surface area contributed by atoms with Crippen molar-refractivity contribution in [3.05, 3.63) is 24.4 Å². The SMILES string of the molecule is COc1cccc(-c2cnc(N)[nH]2)c1OC. The summed E-state index contributed by atoms with van der Waals surface area (Å²) in [5.74, 6) is 1.71. The van der Waals surface area contributed by atoms with Gasteiger partial charge in [-0.1, -0.05) is 6.07 Å². The fourth-order valence-corrected chi connectivity index (χ4v) is 1.57. The molecule has 0 radical (unpaired) electrons. The summed E-state index contributed by atoms with van der Waals surface area (Å²) in [6.45, 7) is 0. The number of benzene rings is 1. The van der Waals surface area contributed by atoms with Gasteiger partial charge in [0.25, 0.3) is 0 Å². The van der Waals surface area contributed by atoms with E-state index in [9.17, 15) is 0 Å². The minimum Gasteiger partial charge on any atom is -0.493 e. The van der Waals surface area contributed by atoms with E-state index in [2.05, 4.69) is 9.97 Å². The van der Waals surface area contributed by atoms with E-state index in [0.29, 0.717) is 17.4 Å². The molecule has 0 amide bonds. The van der Waals surface area contributed by atoms with Crippen molar-refractivity contribution >= 4 is 5.95 Å². The normalized spacial score (nSPS) is 10.1. The number of para-hydroxylation sites is 1. The fourth-order valence-electron chi connectivity index (χ4n) is 1.57. The number of hydrogen-bond donors (Lipinski definition) is 2. The maximum absolute atomic E-state index is 5.54. The molecule has 0 atom stereocenters. The van der Waals surface area contributed by atoms with Crippen LogP contribution >= 0.6 is 0 Å². The number of imidazole rings is 1. The van der Waals surface area contributed by atoms with Gasteiger partial charge in [0.1, 0.15) is 0 Å². The van der Waals surface area contributed by atoms with Crippen LogP contribution in [0, 0.1) is 0 Å². The number of nitrogens with zero attached hydrogens (tertiary/aromatic N) is 1. The number of aromatic amines is 1. The Morgan fingerprint density at radius 2 is 2.06 bits per heavy atom. The largest absolute Gasteiger partial charge is 0.493 e. The molecular formula is C11H13N3O2. The van der Waals surface area contributed by atoms with Crippen LogP contribution < -0.4 is 15.2 Å². The molecule has 0 unspecified atom stereocenters. The van der Waals surface area contributed by atoms with Gasteiger partial charge in [-0.15, -0.1) is 0 Å². The number of H-pyrrole nitrogens is 1. The van der Waals surface area contributed by atoms with E-state index in [0.717, 1.165) is 11.3 Å². The van der Waals surface area contributed by atoms with Gasteiger partial charge in [-0.25, -0.2) is 4.98 Å². The standard InChI is InChI=1S/C11H13N3O2/c1-15-9-5-3-4-7(10(9)16-2)8-6-13-11(12)14-8/h3-6H,1-2H3,(H3,12,13,14). The van der Waals surface area contributed by atoms with Gasteiger partial charge >= 0.3 is 0 Å². The Morgan fingerprint density at radius 3 is 2.62 bits per heavy atom. The van der Waals surface area contributed by atoms with Gasteiger partial charge in [-0.2, -0.15) is 0 Å². The van der Waals surface area contributed by atoms with E-state index in [1.165, 1.54) is 0 Å². The summed E-state index contributed by atoms with van der Waals surface area (Å²) in [6, 6.07) is 5.63. The molecule has 0 aliphatic rings. The summed E-state index contributed by atoms with van der Waals surface area (Å²) in [6.07, 6.45) is 1.66. The van der Waals surface area contributed by atoms with Crippen LogP contribution in [-0.4, -0.2) is 24.2 Å². The second kappa shape index (κ2) is 4.14. The molecule has 1 aromatic carbocycles. The number of ether oxygens (including phenoxy) is 2. The third-order valence-electron chi connectivity index (χ3n) is 2.29. The first-order valence-electron chi connectivity index (χ1n) is 4.78. The molecule has 0 aliphatic heterocycles. The smallest absolute Gasteiger partial charge is 0.197 e. The van der Waals surface area contributed by atoms with E-state index in [4.69, 9.17) is 15.2 Å². The summed E-state index contributed by atoms with van der Waals surface area (Å²) in [5.41, 5.74) is 7.21. The molecule has 0 saturated carbocycles. The van der Waals surface area contributed by atoms with E-state index < -0.39 is 0 Å². The van der Waals surface area contributed by atoms with Gasteiger partial charge in [0.2, 0.25) is 0 Å². The van der Waals surface area contributed by atoms with Crippen LogP contribution in [0.25, 0.3) is 11.3 Å². The fraction of sp³-hybridized carbons (Fsp3) is 0.182. The predicted octanol–water partition coefficient (Wildman–Crippen LogP) is 1.68. The third-order valence-corrected chi connectivity index (χ3v) is 2.29. The first-order valence-corrected chi connectivity index (χ1v) is 4.78. The molecule has 0 bridgehead atoms. The monoisotopic (exact) mass is 219 g/mol. The molecule has 3 N–H and O–H groups in total. The molecule has 1 heterocycles. The minimum absolute atomic E-state index is 0.375. The quantitative estimate of drug-likeness (QED) is 0.823. The van der Waals surface area contributed by atoms with Crippen molar-refractivity contribution in [2.24, 2.45) is 0 Å². The molecule has 2 rings (SSSR count). The third kappa shape index (κ3) is 1.67.